The van der Waals surface area contributed by atoms with Crippen molar-refractivity contribution in [2.45, 2.75) is 26.4 Å². The smallest absolute Gasteiger partial charge is 0.263 e. The zero-order chi connectivity index (χ0) is 15.7. The van der Waals surface area contributed by atoms with Gasteiger partial charge in [-0.2, -0.15) is 0 Å². The van der Waals surface area contributed by atoms with Gasteiger partial charge >= 0.3 is 17.8 Å². The van der Waals surface area contributed by atoms with Crippen molar-refractivity contribution < 1.29 is 19.3 Å². The predicted octanol–water partition coefficient (Wildman–Crippen LogP) is 1.29. The van der Waals surface area contributed by atoms with Gasteiger partial charge in [0.05, 0.1) is 11.5 Å². The van der Waals surface area contributed by atoms with Crippen molar-refractivity contribution in [3.8, 4) is 0 Å². The number of urea groups is 1. The van der Waals surface area contributed by atoms with E-state index in [4.69, 9.17) is 0 Å². The fourth-order valence-electron chi connectivity index (χ4n) is 2.07. The molecule has 2 rings (SSSR count). The molecule has 0 saturated carbocycles. The van der Waals surface area contributed by atoms with Gasteiger partial charge < -0.3 is 0 Å². The summed E-state index contributed by atoms with van der Waals surface area (Å²) >= 11 is 0. The molecule has 0 aromatic heterocycles. The van der Waals surface area contributed by atoms with Crippen LogP contribution in [-0.2, 0) is 16.1 Å². The number of carbonyl (C=O) groups is 3. The van der Waals surface area contributed by atoms with Gasteiger partial charge in [0.25, 0.3) is 5.69 Å². The molecule has 1 fully saturated rings. The number of benzene rings is 1. The maximum atomic E-state index is 12.1. The van der Waals surface area contributed by atoms with E-state index in [2.05, 4.69) is 0 Å². The molecule has 1 aromatic rings. The highest BCUT2D eigenvalue weighted by molar-refractivity contribution is 6.44. The Labute approximate surface area is 120 Å². The molecule has 0 radical (unpaired) electrons. The van der Waals surface area contributed by atoms with Gasteiger partial charge in [-0.3, -0.25) is 29.5 Å². The maximum absolute atomic E-state index is 12.1. The van der Waals surface area contributed by atoms with Gasteiger partial charge in [-0.25, -0.2) is 4.79 Å². The number of amides is 4. The summed E-state index contributed by atoms with van der Waals surface area (Å²) in [5.74, 6) is -1.79. The summed E-state index contributed by atoms with van der Waals surface area (Å²) in [4.78, 5) is 47.4. The number of hydrogen-bond acceptors (Lipinski definition) is 5. The van der Waals surface area contributed by atoms with Crippen LogP contribution in [0.25, 0.3) is 0 Å². The topological polar surface area (TPSA) is 101 Å². The Hall–Kier alpha value is -2.77. The first-order valence-electron chi connectivity index (χ1n) is 6.25. The number of nitrogens with zero attached hydrogens (tertiary/aromatic N) is 3. The van der Waals surface area contributed by atoms with Crippen molar-refractivity contribution in [1.82, 2.24) is 9.80 Å². The molecule has 1 aromatic carbocycles. The van der Waals surface area contributed by atoms with Crippen molar-refractivity contribution in [3.05, 3.63) is 39.9 Å². The molecule has 0 bridgehead atoms. The Morgan fingerprint density at radius 1 is 1.19 bits per heavy atom. The van der Waals surface area contributed by atoms with E-state index in [1.54, 1.807) is 19.9 Å². The number of non-ortho nitro benzene ring substituents is 1. The maximum Gasteiger partial charge on any atom is 0.334 e. The molecular weight excluding hydrogens is 278 g/mol. The molecule has 21 heavy (non-hydrogen) atoms. The first-order chi connectivity index (χ1) is 9.82. The summed E-state index contributed by atoms with van der Waals surface area (Å²) in [5, 5.41) is 10.7. The molecule has 1 saturated heterocycles. The molecule has 8 heteroatoms. The van der Waals surface area contributed by atoms with Crippen LogP contribution >= 0.6 is 0 Å². The SMILES string of the molecule is CC(C)N1C(=O)C(=O)N(Cc2cccc([N+](=O)[O-])c2)C1=O. The van der Waals surface area contributed by atoms with Crippen LogP contribution in [0.5, 0.6) is 0 Å². The van der Waals surface area contributed by atoms with Gasteiger partial charge in [0.2, 0.25) is 0 Å². The third-order valence-electron chi connectivity index (χ3n) is 3.06. The molecule has 110 valence electrons. The summed E-state index contributed by atoms with van der Waals surface area (Å²) < 4.78 is 0. The predicted molar refractivity (Wildman–Crippen MR) is 71.0 cm³/mol. The average molecular weight is 291 g/mol. The number of imide groups is 2. The van der Waals surface area contributed by atoms with Crippen LogP contribution in [0.15, 0.2) is 24.3 Å². The Morgan fingerprint density at radius 3 is 2.38 bits per heavy atom. The monoisotopic (exact) mass is 291 g/mol. The lowest BCUT2D eigenvalue weighted by Crippen LogP contribution is -2.37. The van der Waals surface area contributed by atoms with Crippen LogP contribution in [0, 0.1) is 10.1 Å². The second-order valence-corrected chi connectivity index (χ2v) is 4.87. The molecule has 0 spiro atoms. The van der Waals surface area contributed by atoms with Crippen molar-refractivity contribution >= 4 is 23.5 Å². The molecule has 0 unspecified atom stereocenters. The average Bonchev–Trinajstić information content (AvgIpc) is 2.63. The number of rotatable bonds is 4. The molecular formula is C13H13N3O5. The standard InChI is InChI=1S/C13H13N3O5/c1-8(2)15-12(18)11(17)14(13(15)19)7-9-4-3-5-10(6-9)16(20)21/h3-6,8H,7H2,1-2H3. The Balaban J connectivity index is 2.26. The number of hydrogen-bond donors (Lipinski definition) is 0. The van der Waals surface area contributed by atoms with E-state index in [1.807, 2.05) is 0 Å². The molecule has 1 aliphatic heterocycles. The summed E-state index contributed by atoms with van der Waals surface area (Å²) in [7, 11) is 0. The van der Waals surface area contributed by atoms with E-state index in [9.17, 15) is 24.5 Å². The van der Waals surface area contributed by atoms with Crippen LogP contribution in [0.4, 0.5) is 10.5 Å². The lowest BCUT2D eigenvalue weighted by Gasteiger charge is -2.18. The fraction of sp³-hybridized carbons (Fsp3) is 0.308. The lowest BCUT2D eigenvalue weighted by molar-refractivity contribution is -0.384. The molecule has 0 N–H and O–H groups in total. The highest BCUT2D eigenvalue weighted by Crippen LogP contribution is 2.20. The Kier molecular flexibility index (Phi) is 3.70. The van der Waals surface area contributed by atoms with Crippen molar-refractivity contribution in [1.29, 1.82) is 0 Å². The van der Waals surface area contributed by atoms with Crippen LogP contribution in [0.2, 0.25) is 0 Å². The van der Waals surface area contributed by atoms with Gasteiger partial charge in [-0.05, 0) is 19.4 Å². The summed E-state index contributed by atoms with van der Waals surface area (Å²) in [6, 6.07) is 4.46. The zero-order valence-electron chi connectivity index (χ0n) is 11.5. The molecule has 0 aliphatic carbocycles. The first-order valence-corrected chi connectivity index (χ1v) is 6.25. The van der Waals surface area contributed by atoms with Gasteiger partial charge in [0.1, 0.15) is 0 Å². The van der Waals surface area contributed by atoms with Crippen LogP contribution in [0.1, 0.15) is 19.4 Å². The first kappa shape index (κ1) is 14.6. The van der Waals surface area contributed by atoms with Crippen LogP contribution < -0.4 is 0 Å². The summed E-state index contributed by atoms with van der Waals surface area (Å²) in [6.45, 7) is 3.08. The number of nitro benzene ring substituents is 1. The second-order valence-electron chi connectivity index (χ2n) is 4.87. The van der Waals surface area contributed by atoms with Gasteiger partial charge in [-0.1, -0.05) is 12.1 Å². The molecule has 4 amide bonds. The third-order valence-corrected chi connectivity index (χ3v) is 3.06. The van der Waals surface area contributed by atoms with E-state index < -0.39 is 28.8 Å². The molecule has 1 heterocycles. The van der Waals surface area contributed by atoms with Crippen LogP contribution in [-0.4, -0.2) is 38.6 Å². The Morgan fingerprint density at radius 2 is 1.86 bits per heavy atom. The van der Waals surface area contributed by atoms with Crippen molar-refractivity contribution in [3.63, 3.8) is 0 Å². The quantitative estimate of drug-likeness (QED) is 0.360. The van der Waals surface area contributed by atoms with Gasteiger partial charge in [0, 0.05) is 18.2 Å². The van der Waals surface area contributed by atoms with Gasteiger partial charge in [-0.15, -0.1) is 0 Å². The lowest BCUT2D eigenvalue weighted by atomic mass is 10.2. The van der Waals surface area contributed by atoms with E-state index in [0.29, 0.717) is 5.56 Å². The molecule has 0 atom stereocenters. The normalized spacial score (nSPS) is 15.3. The zero-order valence-corrected chi connectivity index (χ0v) is 11.5. The van der Waals surface area contributed by atoms with E-state index >= 15 is 0 Å². The Bertz CT molecular complexity index is 640. The van der Waals surface area contributed by atoms with Crippen LogP contribution in [0.3, 0.4) is 0 Å². The minimum Gasteiger partial charge on any atom is -0.263 e. The van der Waals surface area contributed by atoms with E-state index in [-0.39, 0.29) is 12.2 Å². The summed E-state index contributed by atoms with van der Waals surface area (Å²) in [5.41, 5.74) is 0.267. The number of carbonyl (C=O) groups excluding carboxylic acids is 3. The largest absolute Gasteiger partial charge is 0.334 e. The third kappa shape index (κ3) is 2.60. The van der Waals surface area contributed by atoms with E-state index in [0.717, 1.165) is 9.80 Å². The minimum atomic E-state index is -0.916. The summed E-state index contributed by atoms with van der Waals surface area (Å²) in [6.07, 6.45) is 0. The minimum absolute atomic E-state index is 0.140. The molecule has 1 aliphatic rings. The molecule has 8 nitrogen and oxygen atoms in total. The van der Waals surface area contributed by atoms with Crippen molar-refractivity contribution in [2.24, 2.45) is 0 Å². The highest BCUT2D eigenvalue weighted by atomic mass is 16.6. The highest BCUT2D eigenvalue weighted by Gasteiger charge is 2.45. The van der Waals surface area contributed by atoms with Crippen molar-refractivity contribution in [2.75, 3.05) is 0 Å². The fourth-order valence-corrected chi connectivity index (χ4v) is 2.07. The van der Waals surface area contributed by atoms with E-state index in [1.165, 1.54) is 18.2 Å². The van der Waals surface area contributed by atoms with Gasteiger partial charge in [0.15, 0.2) is 0 Å². The second kappa shape index (κ2) is 5.31. The number of nitro groups is 1.